The van der Waals surface area contributed by atoms with E-state index in [4.69, 9.17) is 17.3 Å². The summed E-state index contributed by atoms with van der Waals surface area (Å²) in [6.45, 7) is 1.45. The average molecular weight is 279 g/mol. The van der Waals surface area contributed by atoms with E-state index in [2.05, 4.69) is 5.32 Å². The van der Waals surface area contributed by atoms with Crippen molar-refractivity contribution in [2.75, 3.05) is 11.1 Å². The molecule has 0 aliphatic rings. The molecule has 0 fully saturated rings. The molecule has 2 aromatic rings. The Morgan fingerprint density at radius 2 is 1.84 bits per heavy atom. The van der Waals surface area contributed by atoms with Crippen LogP contribution in [0.15, 0.2) is 36.4 Å². The highest BCUT2D eigenvalue weighted by molar-refractivity contribution is 6.31. The molecule has 0 amide bonds. The van der Waals surface area contributed by atoms with Crippen molar-refractivity contribution in [3.63, 3.8) is 0 Å². The van der Waals surface area contributed by atoms with Gasteiger partial charge in [0.1, 0.15) is 5.82 Å². The zero-order valence-corrected chi connectivity index (χ0v) is 11.0. The second kappa shape index (κ2) is 5.28. The first-order valence-electron chi connectivity index (χ1n) is 5.60. The number of hydrogen-bond donors (Lipinski definition) is 2. The second-order valence-corrected chi connectivity index (χ2v) is 4.52. The molecule has 0 heterocycles. The van der Waals surface area contributed by atoms with Crippen LogP contribution in [0.1, 0.15) is 17.3 Å². The van der Waals surface area contributed by atoms with Gasteiger partial charge in [0.25, 0.3) is 0 Å². The predicted molar refractivity (Wildman–Crippen MR) is 75.6 cm³/mol. The van der Waals surface area contributed by atoms with Gasteiger partial charge in [0.05, 0.1) is 5.02 Å². The van der Waals surface area contributed by atoms with Gasteiger partial charge < -0.3 is 11.1 Å². The van der Waals surface area contributed by atoms with Gasteiger partial charge in [-0.2, -0.15) is 0 Å². The van der Waals surface area contributed by atoms with Gasteiger partial charge in [-0.3, -0.25) is 4.79 Å². The summed E-state index contributed by atoms with van der Waals surface area (Å²) < 4.78 is 13.0. The van der Waals surface area contributed by atoms with Gasteiger partial charge in [-0.05, 0) is 43.3 Å². The first-order chi connectivity index (χ1) is 8.97. The minimum atomic E-state index is -0.478. The van der Waals surface area contributed by atoms with Crippen molar-refractivity contribution in [2.24, 2.45) is 0 Å². The van der Waals surface area contributed by atoms with E-state index in [1.165, 1.54) is 19.1 Å². The number of anilines is 3. The average Bonchev–Trinajstić information content (AvgIpc) is 2.36. The molecule has 0 bridgehead atoms. The third-order valence-corrected chi connectivity index (χ3v) is 2.93. The van der Waals surface area contributed by atoms with Crippen LogP contribution in [0.3, 0.4) is 0 Å². The molecular formula is C14H12ClFN2O. The molecule has 0 aromatic heterocycles. The molecule has 98 valence electrons. The minimum absolute atomic E-state index is 0.0345. The van der Waals surface area contributed by atoms with Gasteiger partial charge in [-0.15, -0.1) is 0 Å². The van der Waals surface area contributed by atoms with Crippen molar-refractivity contribution < 1.29 is 9.18 Å². The molecule has 0 spiro atoms. The van der Waals surface area contributed by atoms with E-state index >= 15 is 0 Å². The van der Waals surface area contributed by atoms with E-state index in [0.717, 1.165) is 0 Å². The number of Topliss-reactive ketones (excluding diaryl/α,β-unsaturated/α-hetero) is 1. The highest BCUT2D eigenvalue weighted by Gasteiger charge is 2.07. The maximum Gasteiger partial charge on any atom is 0.161 e. The molecule has 0 atom stereocenters. The van der Waals surface area contributed by atoms with Gasteiger partial charge in [0.2, 0.25) is 0 Å². The van der Waals surface area contributed by atoms with E-state index in [1.807, 2.05) is 0 Å². The van der Waals surface area contributed by atoms with Crippen LogP contribution in [0.25, 0.3) is 0 Å². The Balaban J connectivity index is 2.30. The zero-order chi connectivity index (χ0) is 14.0. The summed E-state index contributed by atoms with van der Waals surface area (Å²) in [5.74, 6) is -0.591. The summed E-state index contributed by atoms with van der Waals surface area (Å²) in [5, 5.41) is 3.07. The maximum atomic E-state index is 13.0. The molecule has 5 heteroatoms. The monoisotopic (exact) mass is 278 g/mol. The SMILES string of the molecule is CC(=O)c1cc(Nc2ccc(F)c(Cl)c2)ccc1N. The van der Waals surface area contributed by atoms with Gasteiger partial charge in [-0.1, -0.05) is 11.6 Å². The summed E-state index contributed by atoms with van der Waals surface area (Å²) in [4.78, 5) is 11.4. The summed E-state index contributed by atoms with van der Waals surface area (Å²) >= 11 is 5.70. The van der Waals surface area contributed by atoms with Gasteiger partial charge in [-0.25, -0.2) is 4.39 Å². The molecule has 0 aliphatic heterocycles. The number of hydrogen-bond acceptors (Lipinski definition) is 3. The largest absolute Gasteiger partial charge is 0.398 e. The second-order valence-electron chi connectivity index (χ2n) is 4.11. The molecule has 0 aliphatic carbocycles. The number of benzene rings is 2. The van der Waals surface area contributed by atoms with Crippen molar-refractivity contribution >= 4 is 34.4 Å². The molecule has 0 radical (unpaired) electrons. The summed E-state index contributed by atoms with van der Waals surface area (Å²) in [6, 6.07) is 9.33. The van der Waals surface area contributed by atoms with E-state index in [9.17, 15) is 9.18 Å². The van der Waals surface area contributed by atoms with Crippen LogP contribution < -0.4 is 11.1 Å². The summed E-state index contributed by atoms with van der Waals surface area (Å²) in [7, 11) is 0. The van der Waals surface area contributed by atoms with Crippen molar-refractivity contribution in [2.45, 2.75) is 6.92 Å². The van der Waals surface area contributed by atoms with E-state index < -0.39 is 5.82 Å². The third kappa shape index (κ3) is 3.03. The smallest absolute Gasteiger partial charge is 0.161 e. The number of rotatable bonds is 3. The van der Waals surface area contributed by atoms with E-state index in [-0.39, 0.29) is 10.8 Å². The van der Waals surface area contributed by atoms with Crippen LogP contribution in [-0.4, -0.2) is 5.78 Å². The summed E-state index contributed by atoms with van der Waals surface area (Å²) in [6.07, 6.45) is 0. The molecule has 3 N–H and O–H groups in total. The lowest BCUT2D eigenvalue weighted by Crippen LogP contribution is -2.01. The zero-order valence-electron chi connectivity index (χ0n) is 10.2. The van der Waals surface area contributed by atoms with Crippen molar-refractivity contribution in [1.29, 1.82) is 0 Å². The maximum absolute atomic E-state index is 13.0. The van der Waals surface area contributed by atoms with Crippen LogP contribution in [0.4, 0.5) is 21.5 Å². The molecule has 2 aromatic carbocycles. The Morgan fingerprint density at radius 1 is 1.21 bits per heavy atom. The van der Waals surface area contributed by atoms with E-state index in [1.54, 1.807) is 24.3 Å². The Labute approximate surface area is 115 Å². The fraction of sp³-hybridized carbons (Fsp3) is 0.0714. The fourth-order valence-electron chi connectivity index (χ4n) is 1.68. The fourth-order valence-corrected chi connectivity index (χ4v) is 1.86. The number of carbonyl (C=O) groups is 1. The van der Waals surface area contributed by atoms with Crippen LogP contribution in [-0.2, 0) is 0 Å². The first kappa shape index (κ1) is 13.4. The number of nitrogens with two attached hydrogens (primary N) is 1. The lowest BCUT2D eigenvalue weighted by Gasteiger charge is -2.09. The quantitative estimate of drug-likeness (QED) is 0.659. The third-order valence-electron chi connectivity index (χ3n) is 2.64. The Hall–Kier alpha value is -2.07. The molecule has 19 heavy (non-hydrogen) atoms. The van der Waals surface area contributed by atoms with Crippen LogP contribution >= 0.6 is 11.6 Å². The topological polar surface area (TPSA) is 55.1 Å². The van der Waals surface area contributed by atoms with Gasteiger partial charge in [0, 0.05) is 22.6 Å². The number of halogens is 2. The van der Waals surface area contributed by atoms with Crippen molar-refractivity contribution in [3.05, 3.63) is 52.8 Å². The number of ketones is 1. The first-order valence-corrected chi connectivity index (χ1v) is 5.97. The molecule has 0 saturated heterocycles. The Morgan fingerprint density at radius 3 is 2.47 bits per heavy atom. The molecular weight excluding hydrogens is 267 g/mol. The van der Waals surface area contributed by atoms with Crippen molar-refractivity contribution in [1.82, 2.24) is 0 Å². The molecule has 2 rings (SSSR count). The lowest BCUT2D eigenvalue weighted by atomic mass is 10.1. The van der Waals surface area contributed by atoms with E-state index in [0.29, 0.717) is 22.6 Å². The Bertz CT molecular complexity index is 643. The highest BCUT2D eigenvalue weighted by atomic mass is 35.5. The molecule has 0 unspecified atom stereocenters. The minimum Gasteiger partial charge on any atom is -0.398 e. The van der Waals surface area contributed by atoms with Gasteiger partial charge in [0.15, 0.2) is 5.78 Å². The number of carbonyl (C=O) groups excluding carboxylic acids is 1. The number of nitrogen functional groups attached to an aromatic ring is 1. The van der Waals surface area contributed by atoms with Crippen LogP contribution in [0.5, 0.6) is 0 Å². The lowest BCUT2D eigenvalue weighted by molar-refractivity contribution is 0.101. The van der Waals surface area contributed by atoms with Crippen LogP contribution in [0, 0.1) is 5.82 Å². The van der Waals surface area contributed by atoms with Crippen molar-refractivity contribution in [3.8, 4) is 0 Å². The van der Waals surface area contributed by atoms with Crippen LogP contribution in [0.2, 0.25) is 5.02 Å². The normalized spacial score (nSPS) is 10.3. The standard InChI is InChI=1S/C14H12ClFN2O/c1-8(19)11-6-9(3-5-14(11)17)18-10-2-4-13(16)12(15)7-10/h2-7,18H,17H2,1H3. The Kier molecular flexibility index (Phi) is 3.71. The highest BCUT2D eigenvalue weighted by Crippen LogP contribution is 2.25. The number of nitrogens with one attached hydrogen (secondary N) is 1. The molecule has 3 nitrogen and oxygen atoms in total. The van der Waals surface area contributed by atoms with Gasteiger partial charge >= 0.3 is 0 Å². The molecule has 0 saturated carbocycles. The predicted octanol–water partition coefficient (Wildman–Crippen LogP) is 4.01. The summed E-state index contributed by atoms with van der Waals surface area (Å²) in [5.41, 5.74) is 7.89.